The molecule has 0 radical (unpaired) electrons. The van der Waals surface area contributed by atoms with Crippen LogP contribution in [0.5, 0.6) is 0 Å². The van der Waals surface area contributed by atoms with E-state index in [2.05, 4.69) is 9.78 Å². The first-order valence-corrected chi connectivity index (χ1v) is 3.46. The van der Waals surface area contributed by atoms with Gasteiger partial charge in [0, 0.05) is 0 Å². The Balaban J connectivity index is 3.49. The first-order valence-electron chi connectivity index (χ1n) is 3.46. The lowest BCUT2D eigenvalue weighted by atomic mass is 10.1. The van der Waals surface area contributed by atoms with E-state index in [0.29, 0.717) is 0 Å². The Morgan fingerprint density at radius 1 is 1.60 bits per heavy atom. The van der Waals surface area contributed by atoms with Gasteiger partial charge in [0.25, 0.3) is 0 Å². The molecule has 1 unspecified atom stereocenters. The molecule has 0 spiro atoms. The summed E-state index contributed by atoms with van der Waals surface area (Å²) in [5.74, 6) is -0.339. The molecular formula is C7H14O3. The fourth-order valence-electron chi connectivity index (χ4n) is 0.715. The molecule has 0 heterocycles. The van der Waals surface area contributed by atoms with Crippen LogP contribution < -0.4 is 0 Å². The molecule has 0 saturated heterocycles. The Labute approximate surface area is 61.2 Å². The second-order valence-corrected chi connectivity index (χ2v) is 2.26. The van der Waals surface area contributed by atoms with E-state index in [-0.39, 0.29) is 11.9 Å². The molecule has 0 aliphatic heterocycles. The summed E-state index contributed by atoms with van der Waals surface area (Å²) in [4.78, 5) is 19.3. The molecule has 10 heavy (non-hydrogen) atoms. The minimum absolute atomic E-state index is 0.0510. The largest absolute Gasteiger partial charge is 0.345 e. The second-order valence-electron chi connectivity index (χ2n) is 2.26. The van der Waals surface area contributed by atoms with Gasteiger partial charge in [0.2, 0.25) is 0 Å². The van der Waals surface area contributed by atoms with E-state index in [9.17, 15) is 4.79 Å². The highest BCUT2D eigenvalue weighted by atomic mass is 17.2. The fourth-order valence-corrected chi connectivity index (χ4v) is 0.715. The monoisotopic (exact) mass is 146 g/mol. The molecular weight excluding hydrogens is 132 g/mol. The van der Waals surface area contributed by atoms with Crippen molar-refractivity contribution in [2.75, 3.05) is 7.11 Å². The molecule has 1 atom stereocenters. The minimum atomic E-state index is -0.288. The highest BCUT2D eigenvalue weighted by Crippen LogP contribution is 2.06. The number of carbonyl (C=O) groups excluding carboxylic acids is 1. The van der Waals surface area contributed by atoms with E-state index in [1.54, 1.807) is 0 Å². The lowest BCUT2D eigenvalue weighted by molar-refractivity contribution is -0.258. The van der Waals surface area contributed by atoms with Gasteiger partial charge in [0.15, 0.2) is 0 Å². The molecule has 0 fully saturated rings. The molecule has 0 aromatic heterocycles. The van der Waals surface area contributed by atoms with Gasteiger partial charge in [-0.15, -0.1) is 0 Å². The average molecular weight is 146 g/mol. The van der Waals surface area contributed by atoms with Crippen LogP contribution in [0.15, 0.2) is 0 Å². The summed E-state index contributed by atoms with van der Waals surface area (Å²) in [5.41, 5.74) is 0. The van der Waals surface area contributed by atoms with Crippen molar-refractivity contribution in [3.63, 3.8) is 0 Å². The molecule has 60 valence electrons. The lowest BCUT2D eigenvalue weighted by Crippen LogP contribution is -2.13. The van der Waals surface area contributed by atoms with Gasteiger partial charge in [0.1, 0.15) is 0 Å². The van der Waals surface area contributed by atoms with Crippen LogP contribution in [0.4, 0.5) is 0 Å². The van der Waals surface area contributed by atoms with Crippen LogP contribution in [0.1, 0.15) is 26.7 Å². The van der Waals surface area contributed by atoms with Gasteiger partial charge in [-0.3, -0.25) is 4.89 Å². The smallest absolute Gasteiger partial charge is 0.298 e. The van der Waals surface area contributed by atoms with Crippen molar-refractivity contribution >= 4 is 5.97 Å². The minimum Gasteiger partial charge on any atom is -0.298 e. The standard InChI is InChI=1S/C7H14O3/c1-4-5-6(2)7(8)10-9-3/h6H,4-5H2,1-3H3. The summed E-state index contributed by atoms with van der Waals surface area (Å²) in [6.07, 6.45) is 1.84. The molecule has 0 aliphatic rings. The van der Waals surface area contributed by atoms with Gasteiger partial charge in [-0.05, 0) is 6.42 Å². The Morgan fingerprint density at radius 2 is 2.20 bits per heavy atom. The summed E-state index contributed by atoms with van der Waals surface area (Å²) in [6, 6.07) is 0. The second kappa shape index (κ2) is 5.23. The van der Waals surface area contributed by atoms with Gasteiger partial charge in [-0.2, -0.15) is 4.89 Å². The summed E-state index contributed by atoms with van der Waals surface area (Å²) >= 11 is 0. The number of carbonyl (C=O) groups is 1. The maximum absolute atomic E-state index is 10.8. The first kappa shape index (κ1) is 9.43. The van der Waals surface area contributed by atoms with Crippen molar-refractivity contribution in [1.29, 1.82) is 0 Å². The van der Waals surface area contributed by atoms with Crippen molar-refractivity contribution in [2.45, 2.75) is 26.7 Å². The third-order valence-corrected chi connectivity index (χ3v) is 1.29. The molecule has 3 nitrogen and oxygen atoms in total. The van der Waals surface area contributed by atoms with Gasteiger partial charge in [-0.25, -0.2) is 4.79 Å². The van der Waals surface area contributed by atoms with Gasteiger partial charge >= 0.3 is 5.97 Å². The average Bonchev–Trinajstić information content (AvgIpc) is 1.89. The van der Waals surface area contributed by atoms with Crippen LogP contribution in [-0.4, -0.2) is 13.1 Å². The van der Waals surface area contributed by atoms with Crippen LogP contribution in [0.25, 0.3) is 0 Å². The van der Waals surface area contributed by atoms with E-state index in [0.717, 1.165) is 12.8 Å². The lowest BCUT2D eigenvalue weighted by Gasteiger charge is -2.05. The zero-order chi connectivity index (χ0) is 7.98. The quantitative estimate of drug-likeness (QED) is 0.445. The first-order chi connectivity index (χ1) is 4.72. The van der Waals surface area contributed by atoms with E-state index in [4.69, 9.17) is 0 Å². The van der Waals surface area contributed by atoms with E-state index < -0.39 is 0 Å². The van der Waals surface area contributed by atoms with Crippen LogP contribution in [-0.2, 0) is 14.6 Å². The maximum Gasteiger partial charge on any atom is 0.345 e. The van der Waals surface area contributed by atoms with Crippen molar-refractivity contribution in [1.82, 2.24) is 0 Å². The maximum atomic E-state index is 10.8. The van der Waals surface area contributed by atoms with Crippen molar-refractivity contribution in [2.24, 2.45) is 5.92 Å². The van der Waals surface area contributed by atoms with Crippen LogP contribution in [0, 0.1) is 5.92 Å². The van der Waals surface area contributed by atoms with E-state index in [1.807, 2.05) is 13.8 Å². The summed E-state index contributed by atoms with van der Waals surface area (Å²) in [5, 5.41) is 0. The van der Waals surface area contributed by atoms with Gasteiger partial charge in [0.05, 0.1) is 13.0 Å². The molecule has 0 aromatic rings. The molecule has 0 rings (SSSR count). The van der Waals surface area contributed by atoms with Crippen molar-refractivity contribution < 1.29 is 14.6 Å². The third kappa shape index (κ3) is 3.45. The predicted octanol–water partition coefficient (Wildman–Crippen LogP) is 1.53. The molecule has 0 bridgehead atoms. The number of hydrogen-bond donors (Lipinski definition) is 0. The number of hydrogen-bond acceptors (Lipinski definition) is 3. The van der Waals surface area contributed by atoms with Gasteiger partial charge in [-0.1, -0.05) is 20.3 Å². The topological polar surface area (TPSA) is 35.5 Å². The van der Waals surface area contributed by atoms with Crippen LogP contribution >= 0.6 is 0 Å². The van der Waals surface area contributed by atoms with Gasteiger partial charge < -0.3 is 0 Å². The Morgan fingerprint density at radius 3 is 2.60 bits per heavy atom. The van der Waals surface area contributed by atoms with Crippen molar-refractivity contribution in [3.8, 4) is 0 Å². The predicted molar refractivity (Wildman–Crippen MR) is 37.2 cm³/mol. The third-order valence-electron chi connectivity index (χ3n) is 1.29. The molecule has 0 saturated carbocycles. The Hall–Kier alpha value is -0.570. The van der Waals surface area contributed by atoms with E-state index in [1.165, 1.54) is 7.11 Å². The fraction of sp³-hybridized carbons (Fsp3) is 0.857. The molecule has 0 amide bonds. The molecule has 3 heteroatoms. The zero-order valence-electron chi connectivity index (χ0n) is 6.72. The molecule has 0 N–H and O–H groups in total. The zero-order valence-corrected chi connectivity index (χ0v) is 6.72. The normalized spacial score (nSPS) is 12.7. The van der Waals surface area contributed by atoms with Crippen LogP contribution in [0.3, 0.4) is 0 Å². The molecule has 0 aromatic carbocycles. The summed E-state index contributed by atoms with van der Waals surface area (Å²) in [7, 11) is 1.33. The highest BCUT2D eigenvalue weighted by molar-refractivity contribution is 5.71. The molecule has 0 aliphatic carbocycles. The van der Waals surface area contributed by atoms with E-state index >= 15 is 0 Å². The number of rotatable bonds is 4. The Bertz CT molecular complexity index is 101. The Kier molecular flexibility index (Phi) is 4.94. The van der Waals surface area contributed by atoms with Crippen LogP contribution in [0.2, 0.25) is 0 Å². The summed E-state index contributed by atoms with van der Waals surface area (Å²) < 4.78 is 0. The highest BCUT2D eigenvalue weighted by Gasteiger charge is 2.13. The summed E-state index contributed by atoms with van der Waals surface area (Å²) in [6.45, 7) is 3.85. The SMILES string of the molecule is CCCC(C)C(=O)OOC. The van der Waals surface area contributed by atoms with Crippen molar-refractivity contribution in [3.05, 3.63) is 0 Å².